The van der Waals surface area contributed by atoms with E-state index in [4.69, 9.17) is 0 Å². The first kappa shape index (κ1) is 12.7. The van der Waals surface area contributed by atoms with E-state index in [1.807, 2.05) is 11.8 Å². The molecule has 3 heteroatoms. The first-order valence-electron chi connectivity index (χ1n) is 4.42. The maximum atomic E-state index is 2.40. The Morgan fingerprint density at radius 1 is 1.33 bits per heavy atom. The Hall–Kier alpha value is 0.657. The fourth-order valence-electron chi connectivity index (χ4n) is 0.731. The number of thioether (sulfide) groups is 1. The van der Waals surface area contributed by atoms with Gasteiger partial charge in [0.25, 0.3) is 0 Å². The molecule has 0 amide bonds. The second-order valence-corrected chi connectivity index (χ2v) is 14.0. The van der Waals surface area contributed by atoms with E-state index in [1.165, 1.54) is 17.1 Å². The van der Waals surface area contributed by atoms with E-state index in [1.54, 1.807) is 0 Å². The van der Waals surface area contributed by atoms with E-state index in [0.29, 0.717) is 0 Å². The third-order valence-electron chi connectivity index (χ3n) is 1.21. The minimum Gasteiger partial charge on any atom is -0.146 e. The zero-order valence-electron chi connectivity index (χ0n) is 8.81. The van der Waals surface area contributed by atoms with Crippen LogP contribution in [0.5, 0.6) is 0 Å². The van der Waals surface area contributed by atoms with Crippen molar-refractivity contribution in [3.8, 4) is 0 Å². The first-order chi connectivity index (χ1) is 5.49. The number of hydrogen-bond donors (Lipinski definition) is 0. The van der Waals surface area contributed by atoms with Crippen LogP contribution >= 0.6 is 23.0 Å². The van der Waals surface area contributed by atoms with Gasteiger partial charge in [0.2, 0.25) is 0 Å². The van der Waals surface area contributed by atoms with Gasteiger partial charge in [0.05, 0.1) is 0 Å². The van der Waals surface area contributed by atoms with E-state index in [2.05, 4.69) is 50.1 Å². The number of rotatable bonds is 5. The molecule has 0 aromatic carbocycles. The molecule has 0 atom stereocenters. The second-order valence-electron chi connectivity index (χ2n) is 3.73. The van der Waals surface area contributed by atoms with Crippen molar-refractivity contribution in [2.24, 2.45) is 0 Å². The molecule has 0 saturated heterocycles. The standard InChI is InChI=1S/C9H20S2Si/c1-6-7-8-9(10-2)11-12(3,4)5/h8H,6-7H2,1-5H3/b9-8-. The summed E-state index contributed by atoms with van der Waals surface area (Å²) in [5, 5.41) is 0. The molecule has 0 aliphatic rings. The van der Waals surface area contributed by atoms with Gasteiger partial charge in [-0.1, -0.05) is 39.1 Å². The van der Waals surface area contributed by atoms with Crippen LogP contribution in [0.3, 0.4) is 0 Å². The average Bonchev–Trinajstić information content (AvgIpc) is 1.95. The van der Waals surface area contributed by atoms with Gasteiger partial charge in [-0.3, -0.25) is 0 Å². The van der Waals surface area contributed by atoms with Gasteiger partial charge >= 0.3 is 0 Å². The van der Waals surface area contributed by atoms with Crippen molar-refractivity contribution in [2.75, 3.05) is 6.26 Å². The summed E-state index contributed by atoms with van der Waals surface area (Å²) in [4.78, 5) is 0. The largest absolute Gasteiger partial charge is 0.146 e. The Bertz CT molecular complexity index is 147. The Balaban J connectivity index is 3.99. The Morgan fingerprint density at radius 3 is 2.25 bits per heavy atom. The molecule has 0 radical (unpaired) electrons. The van der Waals surface area contributed by atoms with Gasteiger partial charge < -0.3 is 0 Å². The van der Waals surface area contributed by atoms with Gasteiger partial charge in [0, 0.05) is 4.24 Å². The maximum absolute atomic E-state index is 2.40. The second kappa shape index (κ2) is 6.16. The summed E-state index contributed by atoms with van der Waals surface area (Å²) in [7, 11) is -0.964. The molecule has 0 aromatic rings. The van der Waals surface area contributed by atoms with Gasteiger partial charge in [-0.25, -0.2) is 0 Å². The average molecular weight is 220 g/mol. The molecule has 0 N–H and O–H groups in total. The molecule has 0 aliphatic heterocycles. The fourth-order valence-corrected chi connectivity index (χ4v) is 7.21. The highest BCUT2D eigenvalue weighted by molar-refractivity contribution is 8.39. The number of hydrogen-bond acceptors (Lipinski definition) is 2. The summed E-state index contributed by atoms with van der Waals surface area (Å²) in [5.41, 5.74) is 0. The molecule has 0 fully saturated rings. The molecular weight excluding hydrogens is 200 g/mol. The van der Waals surface area contributed by atoms with Crippen molar-refractivity contribution in [3.63, 3.8) is 0 Å². The van der Waals surface area contributed by atoms with Gasteiger partial charge in [0.15, 0.2) is 0 Å². The summed E-state index contributed by atoms with van der Waals surface area (Å²) in [6.45, 7) is 9.42. The fraction of sp³-hybridized carbons (Fsp3) is 0.778. The zero-order chi connectivity index (χ0) is 9.61. The van der Waals surface area contributed by atoms with Gasteiger partial charge in [-0.2, -0.15) is 0 Å². The molecule has 12 heavy (non-hydrogen) atoms. The van der Waals surface area contributed by atoms with E-state index in [9.17, 15) is 0 Å². The van der Waals surface area contributed by atoms with E-state index < -0.39 is 7.22 Å². The monoisotopic (exact) mass is 220 g/mol. The van der Waals surface area contributed by atoms with E-state index in [0.717, 1.165) is 0 Å². The van der Waals surface area contributed by atoms with Crippen LogP contribution in [-0.4, -0.2) is 13.5 Å². The summed E-state index contributed by atoms with van der Waals surface area (Å²) >= 11 is 4.00. The van der Waals surface area contributed by atoms with Crippen LogP contribution in [0.2, 0.25) is 19.6 Å². The lowest BCUT2D eigenvalue weighted by Crippen LogP contribution is -2.13. The van der Waals surface area contributed by atoms with Crippen molar-refractivity contribution < 1.29 is 0 Å². The summed E-state index contributed by atoms with van der Waals surface area (Å²) in [6, 6.07) is 0. The topological polar surface area (TPSA) is 0 Å². The Kier molecular flexibility index (Phi) is 6.50. The van der Waals surface area contributed by atoms with Gasteiger partial charge in [-0.15, -0.1) is 23.0 Å². The van der Waals surface area contributed by atoms with Crippen molar-refractivity contribution in [1.82, 2.24) is 0 Å². The molecule has 0 saturated carbocycles. The summed E-state index contributed by atoms with van der Waals surface area (Å²) in [6.07, 6.45) is 7.05. The maximum Gasteiger partial charge on any atom is 0.115 e. The van der Waals surface area contributed by atoms with Crippen LogP contribution in [0.4, 0.5) is 0 Å². The van der Waals surface area contributed by atoms with Crippen LogP contribution in [0.25, 0.3) is 0 Å². The van der Waals surface area contributed by atoms with Crippen molar-refractivity contribution in [3.05, 3.63) is 10.3 Å². The Labute approximate surface area is 86.2 Å². The third kappa shape index (κ3) is 7.31. The van der Waals surface area contributed by atoms with Crippen LogP contribution in [0.15, 0.2) is 10.3 Å². The molecule has 0 unspecified atom stereocenters. The molecule has 0 bridgehead atoms. The molecule has 0 heterocycles. The Morgan fingerprint density at radius 2 is 1.92 bits per heavy atom. The number of unbranched alkanes of at least 4 members (excludes halogenated alkanes) is 1. The third-order valence-corrected chi connectivity index (χ3v) is 6.45. The molecule has 0 nitrogen and oxygen atoms in total. The van der Waals surface area contributed by atoms with Crippen LogP contribution < -0.4 is 0 Å². The minimum atomic E-state index is -0.964. The van der Waals surface area contributed by atoms with Crippen LogP contribution in [0.1, 0.15) is 19.8 Å². The lowest BCUT2D eigenvalue weighted by Gasteiger charge is -2.16. The molecule has 0 spiro atoms. The van der Waals surface area contributed by atoms with E-state index in [-0.39, 0.29) is 0 Å². The molecular formula is C9H20S2Si. The molecule has 0 aliphatic carbocycles. The molecule has 72 valence electrons. The van der Waals surface area contributed by atoms with Crippen molar-refractivity contribution in [1.29, 1.82) is 0 Å². The van der Waals surface area contributed by atoms with Crippen LogP contribution in [-0.2, 0) is 0 Å². The smallest absolute Gasteiger partial charge is 0.115 e. The zero-order valence-corrected chi connectivity index (χ0v) is 11.4. The lowest BCUT2D eigenvalue weighted by atomic mass is 10.3. The summed E-state index contributed by atoms with van der Waals surface area (Å²) < 4.78 is 1.52. The van der Waals surface area contributed by atoms with E-state index >= 15 is 0 Å². The number of allylic oxidation sites excluding steroid dienone is 1. The van der Waals surface area contributed by atoms with Crippen LogP contribution in [0, 0.1) is 0 Å². The highest BCUT2D eigenvalue weighted by Gasteiger charge is 2.15. The SMILES string of the molecule is CCC/C=C(/SC)S[Si](C)(C)C. The molecule has 0 aromatic heterocycles. The van der Waals surface area contributed by atoms with Gasteiger partial charge in [0.1, 0.15) is 7.22 Å². The first-order valence-corrected chi connectivity index (χ1v) is 10.7. The minimum absolute atomic E-state index is 0.964. The van der Waals surface area contributed by atoms with Crippen molar-refractivity contribution in [2.45, 2.75) is 39.4 Å². The van der Waals surface area contributed by atoms with Gasteiger partial charge in [-0.05, 0) is 12.7 Å². The molecule has 0 rings (SSSR count). The summed E-state index contributed by atoms with van der Waals surface area (Å²) in [5.74, 6) is 0. The lowest BCUT2D eigenvalue weighted by molar-refractivity contribution is 0.959. The predicted octanol–water partition coefficient (Wildman–Crippen LogP) is 4.56. The quantitative estimate of drug-likeness (QED) is 0.623. The highest BCUT2D eigenvalue weighted by Crippen LogP contribution is 2.34. The normalized spacial score (nSPS) is 13.6. The van der Waals surface area contributed by atoms with Crippen molar-refractivity contribution >= 4 is 30.2 Å². The highest BCUT2D eigenvalue weighted by atomic mass is 32.4. The predicted molar refractivity (Wildman–Crippen MR) is 67.4 cm³/mol.